The monoisotopic (exact) mass is 330 g/mol. The number of hydrogen-bond acceptors (Lipinski definition) is 3. The van der Waals surface area contributed by atoms with Crippen LogP contribution in [0.1, 0.15) is 56.5 Å². The fraction of sp³-hybridized carbons (Fsp3) is 0.526. The highest BCUT2D eigenvalue weighted by Crippen LogP contribution is 2.22. The van der Waals surface area contributed by atoms with Crippen molar-refractivity contribution in [1.29, 1.82) is 0 Å². The highest BCUT2D eigenvalue weighted by molar-refractivity contribution is 6.42. The van der Waals surface area contributed by atoms with Gasteiger partial charge < -0.3 is 10.2 Å². The van der Waals surface area contributed by atoms with Crippen molar-refractivity contribution in [2.75, 3.05) is 13.1 Å². The minimum Gasteiger partial charge on any atom is -0.352 e. The van der Waals surface area contributed by atoms with Crippen molar-refractivity contribution in [1.82, 2.24) is 10.2 Å². The molecule has 1 unspecified atom stereocenters. The summed E-state index contributed by atoms with van der Waals surface area (Å²) in [5, 5.41) is 2.83. The summed E-state index contributed by atoms with van der Waals surface area (Å²) >= 11 is 0. The van der Waals surface area contributed by atoms with Crippen LogP contribution in [0.3, 0.4) is 0 Å². The van der Waals surface area contributed by atoms with Gasteiger partial charge in [-0.25, -0.2) is 0 Å². The van der Waals surface area contributed by atoms with E-state index in [2.05, 4.69) is 26.1 Å². The van der Waals surface area contributed by atoms with E-state index in [1.807, 2.05) is 12.1 Å². The number of nitrogens with one attached hydrogen (secondary N) is 1. The highest BCUT2D eigenvalue weighted by atomic mass is 16.2. The molecule has 5 nitrogen and oxygen atoms in total. The van der Waals surface area contributed by atoms with Crippen molar-refractivity contribution in [2.24, 2.45) is 0 Å². The third-order valence-electron chi connectivity index (χ3n) is 4.32. The van der Waals surface area contributed by atoms with Crippen molar-refractivity contribution in [3.8, 4) is 0 Å². The van der Waals surface area contributed by atoms with Crippen LogP contribution in [0, 0.1) is 0 Å². The molecule has 0 radical (unpaired) electrons. The number of benzene rings is 1. The first-order chi connectivity index (χ1) is 11.2. The maximum atomic E-state index is 12.5. The molecule has 24 heavy (non-hydrogen) atoms. The van der Waals surface area contributed by atoms with Crippen LogP contribution in [0.4, 0.5) is 0 Å². The number of ketones is 1. The number of likely N-dealkylation sites (tertiary alicyclic amines) is 1. The normalized spacial score (nSPS) is 18.2. The van der Waals surface area contributed by atoms with Gasteiger partial charge in [-0.2, -0.15) is 0 Å². The van der Waals surface area contributed by atoms with Gasteiger partial charge in [-0.1, -0.05) is 45.0 Å². The molecule has 1 aromatic carbocycles. The highest BCUT2D eigenvalue weighted by Gasteiger charge is 2.29. The molecule has 1 atom stereocenters. The Balaban J connectivity index is 2.06. The van der Waals surface area contributed by atoms with Crippen LogP contribution in [0.5, 0.6) is 0 Å². The summed E-state index contributed by atoms with van der Waals surface area (Å²) in [5.41, 5.74) is 1.54. The number of carbonyl (C=O) groups excluding carboxylic acids is 3. The van der Waals surface area contributed by atoms with E-state index >= 15 is 0 Å². The van der Waals surface area contributed by atoms with Gasteiger partial charge in [0.15, 0.2) is 0 Å². The second-order valence-electron chi connectivity index (χ2n) is 7.45. The Morgan fingerprint density at radius 2 is 1.75 bits per heavy atom. The largest absolute Gasteiger partial charge is 0.352 e. The Morgan fingerprint density at radius 3 is 2.29 bits per heavy atom. The van der Waals surface area contributed by atoms with Crippen LogP contribution in [0.25, 0.3) is 0 Å². The number of piperidine rings is 1. The third kappa shape index (κ3) is 4.43. The van der Waals surface area contributed by atoms with E-state index in [-0.39, 0.29) is 17.4 Å². The molecule has 0 aliphatic carbocycles. The van der Waals surface area contributed by atoms with E-state index in [4.69, 9.17) is 0 Å². The molecule has 1 saturated heterocycles. The van der Waals surface area contributed by atoms with Gasteiger partial charge in [-0.15, -0.1) is 0 Å². The first-order valence-corrected chi connectivity index (χ1v) is 8.39. The molecule has 0 aromatic heterocycles. The van der Waals surface area contributed by atoms with Crippen molar-refractivity contribution in [2.45, 2.75) is 52.0 Å². The zero-order valence-corrected chi connectivity index (χ0v) is 14.9. The minimum absolute atomic E-state index is 0.00401. The van der Waals surface area contributed by atoms with Crippen molar-refractivity contribution in [3.05, 3.63) is 35.4 Å². The molecule has 1 aliphatic rings. The molecule has 5 heteroatoms. The summed E-state index contributed by atoms with van der Waals surface area (Å²) in [4.78, 5) is 37.7. The van der Waals surface area contributed by atoms with Gasteiger partial charge >= 0.3 is 0 Å². The minimum atomic E-state index is -0.492. The number of nitrogens with zero attached hydrogens (tertiary/aromatic N) is 1. The maximum absolute atomic E-state index is 12.5. The lowest BCUT2D eigenvalue weighted by Gasteiger charge is -2.32. The van der Waals surface area contributed by atoms with Gasteiger partial charge in [0, 0.05) is 31.6 Å². The summed E-state index contributed by atoms with van der Waals surface area (Å²) in [6, 6.07) is 7.16. The molecule has 1 heterocycles. The predicted octanol–water partition coefficient (Wildman–Crippen LogP) is 2.29. The second kappa shape index (κ2) is 7.16. The topological polar surface area (TPSA) is 66.5 Å². The summed E-state index contributed by atoms with van der Waals surface area (Å²) in [6.45, 7) is 8.72. The molecular formula is C19H26N2O3. The Kier molecular flexibility index (Phi) is 5.42. The molecule has 0 saturated carbocycles. The number of amides is 2. The molecule has 2 rings (SSSR count). The lowest BCUT2D eigenvalue weighted by Crippen LogP contribution is -2.50. The van der Waals surface area contributed by atoms with Crippen LogP contribution >= 0.6 is 0 Å². The quantitative estimate of drug-likeness (QED) is 0.683. The van der Waals surface area contributed by atoms with E-state index < -0.39 is 11.7 Å². The van der Waals surface area contributed by atoms with E-state index in [0.29, 0.717) is 18.7 Å². The second-order valence-corrected chi connectivity index (χ2v) is 7.45. The average molecular weight is 330 g/mol. The first-order valence-electron chi connectivity index (χ1n) is 8.39. The Morgan fingerprint density at radius 1 is 1.12 bits per heavy atom. The number of rotatable bonds is 3. The standard InChI is InChI=1S/C19H26N2O3/c1-13(22)20-16-6-5-11-21(12-16)18(24)17(23)14-7-9-15(10-8-14)19(2,3)4/h7-10,16H,5-6,11-12H2,1-4H3,(H,20,22). The van der Waals surface area contributed by atoms with Crippen LogP contribution in [0.15, 0.2) is 24.3 Å². The number of hydrogen-bond donors (Lipinski definition) is 1. The molecule has 130 valence electrons. The molecule has 1 N–H and O–H groups in total. The third-order valence-corrected chi connectivity index (χ3v) is 4.32. The molecule has 1 aromatic rings. The smallest absolute Gasteiger partial charge is 0.295 e. The van der Waals surface area contributed by atoms with Crippen molar-refractivity contribution < 1.29 is 14.4 Å². The van der Waals surface area contributed by atoms with Gasteiger partial charge in [0.1, 0.15) is 0 Å². The van der Waals surface area contributed by atoms with Gasteiger partial charge in [0.25, 0.3) is 5.91 Å². The van der Waals surface area contributed by atoms with E-state index in [0.717, 1.165) is 18.4 Å². The average Bonchev–Trinajstić information content (AvgIpc) is 2.52. The zero-order chi connectivity index (χ0) is 17.9. The Labute approximate surface area is 143 Å². The lowest BCUT2D eigenvalue weighted by molar-refractivity contribution is -0.129. The number of Topliss-reactive ketones (excluding diaryl/α,β-unsaturated/α-hetero) is 1. The van der Waals surface area contributed by atoms with E-state index in [9.17, 15) is 14.4 Å². The molecule has 1 fully saturated rings. The van der Waals surface area contributed by atoms with Crippen LogP contribution in [-0.2, 0) is 15.0 Å². The SMILES string of the molecule is CC(=O)NC1CCCN(C(=O)C(=O)c2ccc(C(C)(C)C)cc2)C1. The Hall–Kier alpha value is -2.17. The first kappa shape index (κ1) is 18.2. The van der Waals surface area contributed by atoms with Crippen LogP contribution in [0.2, 0.25) is 0 Å². The fourth-order valence-corrected chi connectivity index (χ4v) is 2.96. The maximum Gasteiger partial charge on any atom is 0.295 e. The Bertz CT molecular complexity index is 629. The van der Waals surface area contributed by atoms with Gasteiger partial charge in [-0.05, 0) is 23.8 Å². The van der Waals surface area contributed by atoms with Gasteiger partial charge in [0.2, 0.25) is 11.7 Å². The van der Waals surface area contributed by atoms with E-state index in [1.165, 1.54) is 6.92 Å². The molecule has 0 spiro atoms. The van der Waals surface area contributed by atoms with Gasteiger partial charge in [0.05, 0.1) is 0 Å². The summed E-state index contributed by atoms with van der Waals surface area (Å²) in [7, 11) is 0. The predicted molar refractivity (Wildman–Crippen MR) is 92.9 cm³/mol. The van der Waals surface area contributed by atoms with Gasteiger partial charge in [-0.3, -0.25) is 14.4 Å². The summed E-state index contributed by atoms with van der Waals surface area (Å²) in [5.74, 6) is -1.09. The number of carbonyl (C=O) groups is 3. The summed E-state index contributed by atoms with van der Waals surface area (Å²) in [6.07, 6.45) is 1.62. The molecule has 1 aliphatic heterocycles. The van der Waals surface area contributed by atoms with Crippen LogP contribution < -0.4 is 5.32 Å². The van der Waals surface area contributed by atoms with Crippen molar-refractivity contribution in [3.63, 3.8) is 0 Å². The zero-order valence-electron chi connectivity index (χ0n) is 14.9. The van der Waals surface area contributed by atoms with Crippen molar-refractivity contribution >= 4 is 17.6 Å². The van der Waals surface area contributed by atoms with E-state index in [1.54, 1.807) is 17.0 Å². The fourth-order valence-electron chi connectivity index (χ4n) is 2.96. The molecule has 2 amide bonds. The molecular weight excluding hydrogens is 304 g/mol. The lowest BCUT2D eigenvalue weighted by atomic mass is 9.86. The summed E-state index contributed by atoms with van der Waals surface area (Å²) < 4.78 is 0. The molecule has 0 bridgehead atoms. The van der Waals surface area contributed by atoms with Crippen LogP contribution in [-0.4, -0.2) is 41.6 Å².